The lowest BCUT2D eigenvalue weighted by Gasteiger charge is -2.45. The van der Waals surface area contributed by atoms with E-state index in [2.05, 4.69) is 11.9 Å². The molecule has 2 saturated heterocycles. The molecule has 0 aromatic heterocycles. The van der Waals surface area contributed by atoms with Crippen molar-refractivity contribution in [2.75, 3.05) is 33.5 Å². The molecule has 104 valence electrons. The number of ether oxygens (including phenoxy) is 3. The molecule has 1 saturated carbocycles. The van der Waals surface area contributed by atoms with Gasteiger partial charge in [-0.15, -0.1) is 0 Å². The summed E-state index contributed by atoms with van der Waals surface area (Å²) in [7, 11) is 2.16. The Morgan fingerprint density at radius 2 is 1.94 bits per heavy atom. The molecule has 2 heterocycles. The Morgan fingerprint density at radius 3 is 2.61 bits per heavy atom. The normalized spacial score (nSPS) is 39.8. The second kappa shape index (κ2) is 5.06. The zero-order valence-electron chi connectivity index (χ0n) is 11.1. The Morgan fingerprint density at radius 1 is 1.17 bits per heavy atom. The first-order valence-corrected chi connectivity index (χ1v) is 7.03. The van der Waals surface area contributed by atoms with Crippen LogP contribution in [0.2, 0.25) is 0 Å². The number of hydrogen-bond donors (Lipinski definition) is 1. The third-order valence-corrected chi connectivity index (χ3v) is 4.69. The van der Waals surface area contributed by atoms with Crippen molar-refractivity contribution in [3.05, 3.63) is 0 Å². The van der Waals surface area contributed by atoms with Gasteiger partial charge in [0, 0.05) is 37.6 Å². The zero-order valence-corrected chi connectivity index (χ0v) is 11.1. The first-order chi connectivity index (χ1) is 8.70. The lowest BCUT2D eigenvalue weighted by Crippen LogP contribution is -2.57. The molecule has 5 nitrogen and oxygen atoms in total. The van der Waals surface area contributed by atoms with Crippen LogP contribution in [0.4, 0.5) is 0 Å². The summed E-state index contributed by atoms with van der Waals surface area (Å²) in [6.07, 6.45) is 3.90. The molecule has 3 atom stereocenters. The van der Waals surface area contributed by atoms with Gasteiger partial charge in [0.25, 0.3) is 0 Å². The molecule has 0 amide bonds. The van der Waals surface area contributed by atoms with E-state index in [0.29, 0.717) is 12.1 Å². The fraction of sp³-hybridized carbons (Fsp3) is 1.00. The van der Waals surface area contributed by atoms with Gasteiger partial charge < -0.3 is 19.9 Å². The number of nitrogens with zero attached hydrogens (tertiary/aromatic N) is 1. The molecular formula is C13H24N2O3. The molecule has 3 fully saturated rings. The Bertz CT molecular complexity index is 288. The van der Waals surface area contributed by atoms with Crippen LogP contribution in [0.15, 0.2) is 0 Å². The SMILES string of the molecule is CN(C1CCOC1)C1CC2(CCC1N)OCCO2. The van der Waals surface area contributed by atoms with E-state index >= 15 is 0 Å². The van der Waals surface area contributed by atoms with Gasteiger partial charge in [-0.1, -0.05) is 0 Å². The summed E-state index contributed by atoms with van der Waals surface area (Å²) >= 11 is 0. The Balaban J connectivity index is 1.68. The number of hydrogen-bond acceptors (Lipinski definition) is 5. The van der Waals surface area contributed by atoms with Crippen molar-refractivity contribution >= 4 is 0 Å². The van der Waals surface area contributed by atoms with Gasteiger partial charge in [-0.25, -0.2) is 0 Å². The molecule has 0 aromatic carbocycles. The van der Waals surface area contributed by atoms with E-state index in [1.54, 1.807) is 0 Å². The van der Waals surface area contributed by atoms with Gasteiger partial charge in [0.2, 0.25) is 0 Å². The molecule has 2 N–H and O–H groups in total. The molecule has 18 heavy (non-hydrogen) atoms. The molecule has 1 aliphatic carbocycles. The molecule has 1 spiro atoms. The van der Waals surface area contributed by atoms with Crippen LogP contribution < -0.4 is 5.73 Å². The summed E-state index contributed by atoms with van der Waals surface area (Å²) < 4.78 is 17.2. The fourth-order valence-electron chi connectivity index (χ4n) is 3.47. The van der Waals surface area contributed by atoms with Crippen molar-refractivity contribution in [1.29, 1.82) is 0 Å². The molecule has 3 unspecified atom stereocenters. The van der Waals surface area contributed by atoms with Crippen molar-refractivity contribution in [2.24, 2.45) is 5.73 Å². The van der Waals surface area contributed by atoms with Crippen LogP contribution in [0.25, 0.3) is 0 Å². The highest BCUT2D eigenvalue weighted by Gasteiger charge is 2.46. The van der Waals surface area contributed by atoms with Gasteiger partial charge in [0.1, 0.15) is 0 Å². The van der Waals surface area contributed by atoms with E-state index in [0.717, 1.165) is 52.1 Å². The van der Waals surface area contributed by atoms with E-state index < -0.39 is 0 Å². The molecule has 0 aromatic rings. The van der Waals surface area contributed by atoms with Crippen LogP contribution >= 0.6 is 0 Å². The average molecular weight is 256 g/mol. The third kappa shape index (κ3) is 2.30. The molecule has 0 radical (unpaired) electrons. The second-order valence-electron chi connectivity index (χ2n) is 5.76. The maximum Gasteiger partial charge on any atom is 0.170 e. The highest BCUT2D eigenvalue weighted by Crippen LogP contribution is 2.37. The third-order valence-electron chi connectivity index (χ3n) is 4.69. The standard InChI is InChI=1S/C13H24N2O3/c1-15(10-3-5-16-9-10)12-8-13(4-2-11(12)14)17-6-7-18-13/h10-12H,2-9,14H2,1H3. The average Bonchev–Trinajstić information content (AvgIpc) is 3.04. The quantitative estimate of drug-likeness (QED) is 0.771. The summed E-state index contributed by atoms with van der Waals surface area (Å²) in [6.45, 7) is 3.14. The van der Waals surface area contributed by atoms with Crippen LogP contribution in [-0.4, -0.2) is 62.3 Å². The van der Waals surface area contributed by atoms with Crippen molar-refractivity contribution in [1.82, 2.24) is 4.90 Å². The minimum absolute atomic E-state index is 0.217. The van der Waals surface area contributed by atoms with Crippen molar-refractivity contribution in [3.63, 3.8) is 0 Å². The Hall–Kier alpha value is -0.200. The zero-order chi connectivity index (χ0) is 12.6. The summed E-state index contributed by atoms with van der Waals surface area (Å²) in [5, 5.41) is 0. The van der Waals surface area contributed by atoms with Crippen molar-refractivity contribution < 1.29 is 14.2 Å². The number of likely N-dealkylation sites (N-methyl/N-ethyl adjacent to an activating group) is 1. The van der Waals surface area contributed by atoms with Gasteiger partial charge in [-0.3, -0.25) is 4.90 Å². The van der Waals surface area contributed by atoms with Crippen molar-refractivity contribution in [2.45, 2.75) is 49.6 Å². The maximum absolute atomic E-state index is 6.30. The molecular weight excluding hydrogens is 232 g/mol. The number of nitrogens with two attached hydrogens (primary N) is 1. The lowest BCUT2D eigenvalue weighted by atomic mass is 9.84. The first kappa shape index (κ1) is 12.8. The minimum Gasteiger partial charge on any atom is -0.380 e. The largest absolute Gasteiger partial charge is 0.380 e. The van der Waals surface area contributed by atoms with E-state index in [4.69, 9.17) is 19.9 Å². The topological polar surface area (TPSA) is 57.0 Å². The predicted molar refractivity (Wildman–Crippen MR) is 67.2 cm³/mol. The van der Waals surface area contributed by atoms with Gasteiger partial charge >= 0.3 is 0 Å². The maximum atomic E-state index is 6.30. The lowest BCUT2D eigenvalue weighted by molar-refractivity contribution is -0.192. The van der Waals surface area contributed by atoms with Crippen LogP contribution in [-0.2, 0) is 14.2 Å². The van der Waals surface area contributed by atoms with Gasteiger partial charge in [-0.05, 0) is 19.9 Å². The summed E-state index contributed by atoms with van der Waals surface area (Å²) in [5.74, 6) is -0.353. The van der Waals surface area contributed by atoms with Crippen LogP contribution in [0, 0.1) is 0 Å². The summed E-state index contributed by atoms with van der Waals surface area (Å²) in [4.78, 5) is 2.39. The van der Waals surface area contributed by atoms with Gasteiger partial charge in [0.05, 0.1) is 19.8 Å². The van der Waals surface area contributed by atoms with Gasteiger partial charge in [-0.2, -0.15) is 0 Å². The summed E-state index contributed by atoms with van der Waals surface area (Å²) in [5.41, 5.74) is 6.30. The molecule has 5 heteroatoms. The van der Waals surface area contributed by atoms with E-state index in [9.17, 15) is 0 Å². The Labute approximate surface area is 109 Å². The smallest absolute Gasteiger partial charge is 0.170 e. The molecule has 0 bridgehead atoms. The van der Waals surface area contributed by atoms with Crippen LogP contribution in [0.3, 0.4) is 0 Å². The van der Waals surface area contributed by atoms with Crippen LogP contribution in [0.1, 0.15) is 25.7 Å². The highest BCUT2D eigenvalue weighted by atomic mass is 16.7. The van der Waals surface area contributed by atoms with E-state index in [1.807, 2.05) is 0 Å². The molecule has 2 aliphatic heterocycles. The summed E-state index contributed by atoms with van der Waals surface area (Å²) in [6, 6.07) is 1.05. The van der Waals surface area contributed by atoms with E-state index in [1.165, 1.54) is 0 Å². The Kier molecular flexibility index (Phi) is 3.60. The predicted octanol–water partition coefficient (Wildman–Crippen LogP) is 0.330. The molecule has 3 rings (SSSR count). The highest BCUT2D eigenvalue weighted by molar-refractivity contribution is 4.96. The van der Waals surface area contributed by atoms with Crippen LogP contribution in [0.5, 0.6) is 0 Å². The fourth-order valence-corrected chi connectivity index (χ4v) is 3.47. The number of rotatable bonds is 2. The molecule has 3 aliphatic rings. The first-order valence-electron chi connectivity index (χ1n) is 7.03. The van der Waals surface area contributed by atoms with Crippen molar-refractivity contribution in [3.8, 4) is 0 Å². The van der Waals surface area contributed by atoms with E-state index in [-0.39, 0.29) is 11.8 Å². The van der Waals surface area contributed by atoms with Gasteiger partial charge in [0.15, 0.2) is 5.79 Å². The minimum atomic E-state index is -0.353. The second-order valence-corrected chi connectivity index (χ2v) is 5.76. The monoisotopic (exact) mass is 256 g/mol.